The molecule has 2 amide bonds. The lowest BCUT2D eigenvalue weighted by Crippen LogP contribution is -2.45. The van der Waals surface area contributed by atoms with Crippen LogP contribution >= 0.6 is 93.7 Å². The second-order valence-corrected chi connectivity index (χ2v) is 27.3. The van der Waals surface area contributed by atoms with E-state index in [0.717, 1.165) is 98.0 Å². The van der Waals surface area contributed by atoms with Gasteiger partial charge in [0.05, 0.1) is 42.2 Å². The second-order valence-electron chi connectivity index (χ2n) is 19.3. The van der Waals surface area contributed by atoms with Crippen molar-refractivity contribution in [3.05, 3.63) is 123 Å². The average molecular weight is 1300 g/mol. The summed E-state index contributed by atoms with van der Waals surface area (Å²) in [5, 5.41) is 18.9. The number of hydrogen-bond acceptors (Lipinski definition) is 11. The summed E-state index contributed by atoms with van der Waals surface area (Å²) in [4.78, 5) is 57.4. The van der Waals surface area contributed by atoms with Crippen LogP contribution in [0.15, 0.2) is 97.3 Å². The van der Waals surface area contributed by atoms with E-state index in [-0.39, 0.29) is 38.8 Å². The molecule has 0 unspecified atom stereocenters. The number of halogens is 7. The number of hydrogen-bond donors (Lipinski definition) is 3. The molecule has 2 aliphatic carbocycles. The van der Waals surface area contributed by atoms with Gasteiger partial charge in [-0.15, -0.1) is 47.3 Å². The lowest BCUT2D eigenvalue weighted by Gasteiger charge is -2.33. The van der Waals surface area contributed by atoms with Crippen LogP contribution in [-0.2, 0) is 9.59 Å². The Labute approximate surface area is 484 Å². The smallest absolute Gasteiger partial charge is 0.369 e. The minimum atomic E-state index is 0.0785. The van der Waals surface area contributed by atoms with Crippen LogP contribution in [0.5, 0.6) is 5.75 Å². The first-order valence-electron chi connectivity index (χ1n) is 25.0. The number of phenols is 1. The molecule has 4 aliphatic rings. The molecule has 12 rings (SSSR count). The third-order valence-electron chi connectivity index (χ3n) is 13.5. The Kier molecular flexibility index (Phi) is 17.1. The summed E-state index contributed by atoms with van der Waals surface area (Å²) in [6, 6.07) is 25.9. The number of aromatic nitrogens is 8. The van der Waals surface area contributed by atoms with Crippen LogP contribution in [0, 0.1) is 18.8 Å². The highest BCUT2D eigenvalue weighted by Gasteiger charge is 2.37. The molecule has 15 nitrogen and oxygen atoms in total. The summed E-state index contributed by atoms with van der Waals surface area (Å²) in [6.07, 6.45) is 11.3. The van der Waals surface area contributed by atoms with Gasteiger partial charge < -0.3 is 25.5 Å². The van der Waals surface area contributed by atoms with Crippen LogP contribution in [0.3, 0.4) is 0 Å². The van der Waals surface area contributed by atoms with E-state index in [1.165, 1.54) is 0 Å². The number of fused-ring (bicyclic) bond motifs is 2. The van der Waals surface area contributed by atoms with Gasteiger partial charge >= 0.3 is 3.18 Å². The van der Waals surface area contributed by atoms with Gasteiger partial charge in [-0.05, 0) is 137 Å². The molecular formula is C53H50BBr3Cl4N12O3. The molecule has 6 heterocycles. The number of amides is 2. The SMILES string of the molecule is BrB(Br)Br.Cc1ccc2nc(-c3ccc(Cl)c(Cl)c3)n(-c3ccnc(N[C@H]4CCCN(C(=O)C5CC5)C4)n3)c2c1.O=C(C1CC1)N1CCC[C@H](Nc2nccc(-n3c(-c4ccc(Cl)c(Cl)c4)nc4ccc(O)cc43)n2)C1. The van der Waals surface area contributed by atoms with Gasteiger partial charge in [-0.1, -0.05) is 52.5 Å². The molecule has 2 aliphatic heterocycles. The first-order chi connectivity index (χ1) is 36.6. The molecule has 2 saturated heterocycles. The summed E-state index contributed by atoms with van der Waals surface area (Å²) in [6.45, 7) is 5.04. The number of piperidine rings is 2. The fourth-order valence-corrected chi connectivity index (χ4v) is 10.2. The zero-order valence-corrected chi connectivity index (χ0v) is 48.8. The van der Waals surface area contributed by atoms with Gasteiger partial charge in [-0.25, -0.2) is 19.9 Å². The lowest BCUT2D eigenvalue weighted by molar-refractivity contribution is -0.134. The third kappa shape index (κ3) is 12.9. The van der Waals surface area contributed by atoms with E-state index in [0.29, 0.717) is 79.5 Å². The standard InChI is InChI=1S/C27H26Cl2N6O.C26H24Cl2N6O2.BBr3/c1-16-4-9-22-23(13-16)35(25(32-22)18-7-8-20(28)21(29)14-18)24-10-11-30-27(33-24)31-19-3-2-12-34(15-19)26(36)17-5-6-17;27-19-7-5-16(12-20(19)28)24-31-21-8-6-18(35)13-22(21)34(24)23-9-10-29-26(32-23)30-17-2-1-11-33(14-17)25(36)15-3-4-15;2-1(3)4/h4,7-11,13-14,17,19H,2-3,5-6,12,15H2,1H3,(H,30,31,33);5-10,12-13,15,17,35H,1-4,11,14H2,(H,29,30,32);/t19-;17-;/m00./s1. The Morgan fingerprint density at radius 1 is 0.579 bits per heavy atom. The van der Waals surface area contributed by atoms with Crippen molar-refractivity contribution >= 4 is 143 Å². The maximum atomic E-state index is 12.6. The van der Waals surface area contributed by atoms with Crippen molar-refractivity contribution in [3.63, 3.8) is 0 Å². The van der Waals surface area contributed by atoms with E-state index in [9.17, 15) is 14.7 Å². The fraction of sp³-hybridized carbons (Fsp3) is 0.321. The van der Waals surface area contributed by atoms with Crippen molar-refractivity contribution in [2.75, 3.05) is 36.8 Å². The number of aromatic hydroxyl groups is 1. The maximum Gasteiger partial charge on any atom is 0.369 e. The van der Waals surface area contributed by atoms with Crippen LogP contribution in [0.1, 0.15) is 56.9 Å². The highest BCUT2D eigenvalue weighted by molar-refractivity contribution is 9.69. The normalized spacial score (nSPS) is 17.4. The van der Waals surface area contributed by atoms with Gasteiger partial charge in [0.1, 0.15) is 29.0 Å². The Morgan fingerprint density at radius 2 is 1.03 bits per heavy atom. The van der Waals surface area contributed by atoms with E-state index in [1.54, 1.807) is 54.9 Å². The minimum absolute atomic E-state index is 0.0785. The Hall–Kier alpha value is -5.02. The molecule has 76 heavy (non-hydrogen) atoms. The first-order valence-corrected chi connectivity index (χ1v) is 29.2. The molecular weight excluding hydrogens is 1240 g/mol. The van der Waals surface area contributed by atoms with Crippen molar-refractivity contribution in [3.8, 4) is 40.2 Å². The Balaban J connectivity index is 0.000000162. The zero-order valence-electron chi connectivity index (χ0n) is 41.0. The van der Waals surface area contributed by atoms with Crippen LogP contribution < -0.4 is 10.6 Å². The molecule has 0 radical (unpaired) electrons. The van der Waals surface area contributed by atoms with Crippen LogP contribution in [0.2, 0.25) is 20.1 Å². The second kappa shape index (κ2) is 23.9. The minimum Gasteiger partial charge on any atom is -0.508 e. The number of carbonyl (C=O) groups excluding carboxylic acids is 2. The summed E-state index contributed by atoms with van der Waals surface area (Å²) >= 11 is 34.3. The number of phenolic OH excluding ortho intramolecular Hbond substituents is 1. The molecule has 0 bridgehead atoms. The van der Waals surface area contributed by atoms with Gasteiger partial charge in [0.15, 0.2) is 0 Å². The number of imidazole rings is 2. The molecule has 4 fully saturated rings. The number of benzene rings is 4. The van der Waals surface area contributed by atoms with Crippen molar-refractivity contribution < 1.29 is 14.7 Å². The van der Waals surface area contributed by atoms with E-state index < -0.39 is 0 Å². The van der Waals surface area contributed by atoms with E-state index >= 15 is 0 Å². The largest absolute Gasteiger partial charge is 0.508 e. The molecule has 2 saturated carbocycles. The molecule has 2 atom stereocenters. The number of nitrogens with one attached hydrogen (secondary N) is 2. The number of carbonyl (C=O) groups is 2. The van der Waals surface area contributed by atoms with E-state index in [1.807, 2.05) is 55.3 Å². The summed E-state index contributed by atoms with van der Waals surface area (Å²) in [5.74, 6) is 4.76. The van der Waals surface area contributed by atoms with Crippen LogP contribution in [0.25, 0.3) is 56.5 Å². The van der Waals surface area contributed by atoms with Gasteiger partial charge in [0.2, 0.25) is 23.7 Å². The van der Waals surface area contributed by atoms with E-state index in [2.05, 4.69) is 80.9 Å². The molecule has 4 aromatic heterocycles. The number of rotatable bonds is 10. The molecule has 23 heteroatoms. The van der Waals surface area contributed by atoms with Crippen LogP contribution in [-0.4, -0.2) is 107 Å². The Bertz CT molecular complexity index is 3230. The number of aryl methyl sites for hydroxylation is 1. The molecule has 392 valence electrons. The molecule has 0 spiro atoms. The molecule has 4 aromatic carbocycles. The predicted octanol–water partition coefficient (Wildman–Crippen LogP) is 13.4. The van der Waals surface area contributed by atoms with Gasteiger partial charge in [-0.2, -0.15) is 9.97 Å². The first kappa shape index (κ1) is 54.3. The number of anilines is 2. The van der Waals surface area contributed by atoms with Gasteiger partial charge in [0, 0.05) is 79.7 Å². The quantitative estimate of drug-likeness (QED) is 0.111. The summed E-state index contributed by atoms with van der Waals surface area (Å²) in [7, 11) is 0. The number of likely N-dealkylation sites (tertiary alicyclic amines) is 2. The van der Waals surface area contributed by atoms with Crippen molar-refractivity contribution in [1.29, 1.82) is 0 Å². The third-order valence-corrected chi connectivity index (χ3v) is 15.0. The van der Waals surface area contributed by atoms with E-state index in [4.69, 9.17) is 66.3 Å². The maximum absolute atomic E-state index is 12.6. The lowest BCUT2D eigenvalue weighted by atomic mass is 10.1. The van der Waals surface area contributed by atoms with Crippen molar-refractivity contribution in [2.45, 2.75) is 70.4 Å². The highest BCUT2D eigenvalue weighted by atomic mass is 79.9. The predicted molar refractivity (Wildman–Crippen MR) is 315 cm³/mol. The topological polar surface area (TPSA) is 172 Å². The molecule has 8 aromatic rings. The number of nitrogens with zero attached hydrogens (tertiary/aromatic N) is 10. The van der Waals surface area contributed by atoms with Gasteiger partial charge in [0.25, 0.3) is 0 Å². The fourth-order valence-electron chi connectivity index (χ4n) is 9.59. The summed E-state index contributed by atoms with van der Waals surface area (Å²) < 4.78 is 4.16. The van der Waals surface area contributed by atoms with Gasteiger partial charge in [-0.3, -0.25) is 18.7 Å². The van der Waals surface area contributed by atoms with Crippen molar-refractivity contribution in [1.82, 2.24) is 48.8 Å². The zero-order chi connectivity index (χ0) is 53.2. The Morgan fingerprint density at radius 3 is 1.47 bits per heavy atom. The highest BCUT2D eigenvalue weighted by Crippen LogP contribution is 2.37. The van der Waals surface area contributed by atoms with Crippen molar-refractivity contribution in [2.24, 2.45) is 11.8 Å². The summed E-state index contributed by atoms with van der Waals surface area (Å²) in [5.41, 5.74) is 5.92. The monoisotopic (exact) mass is 1290 g/mol. The molecule has 3 N–H and O–H groups in total. The van der Waals surface area contributed by atoms with Crippen LogP contribution in [0.4, 0.5) is 11.9 Å². The average Bonchev–Trinajstić information content (AvgIpc) is 4.39.